The lowest BCUT2D eigenvalue weighted by Crippen LogP contribution is -2.35. The lowest BCUT2D eigenvalue weighted by molar-refractivity contribution is -0.237. The largest absolute Gasteiger partial charge is 0.459 e. The Morgan fingerprint density at radius 1 is 1.42 bits per heavy atom. The molecule has 0 aromatic rings. The van der Waals surface area contributed by atoms with Crippen molar-refractivity contribution in [1.82, 2.24) is 4.90 Å². The summed E-state index contributed by atoms with van der Waals surface area (Å²) in [6.45, 7) is 0.308. The SMILES string of the molecule is CN(CCCOCBr)C(F)(F)F. The number of nitrogens with zero attached hydrogens (tertiary/aromatic N) is 1. The van der Waals surface area contributed by atoms with Gasteiger partial charge >= 0.3 is 6.30 Å². The van der Waals surface area contributed by atoms with E-state index in [9.17, 15) is 13.2 Å². The Balaban J connectivity index is 3.38. The van der Waals surface area contributed by atoms with E-state index in [0.29, 0.717) is 23.4 Å². The Labute approximate surface area is 77.8 Å². The molecular formula is C6H11BrF3NO. The topological polar surface area (TPSA) is 12.5 Å². The molecule has 6 heteroatoms. The first-order valence-electron chi connectivity index (χ1n) is 3.40. The number of ether oxygens (including phenoxy) is 1. The first-order valence-corrected chi connectivity index (χ1v) is 4.52. The van der Waals surface area contributed by atoms with Crippen molar-refractivity contribution in [2.75, 3.05) is 25.7 Å². The summed E-state index contributed by atoms with van der Waals surface area (Å²) in [5.41, 5.74) is 0.364. The van der Waals surface area contributed by atoms with E-state index < -0.39 is 6.30 Å². The zero-order valence-electron chi connectivity index (χ0n) is 6.70. The van der Waals surface area contributed by atoms with E-state index >= 15 is 0 Å². The van der Waals surface area contributed by atoms with Gasteiger partial charge in [0.15, 0.2) is 0 Å². The number of alkyl halides is 4. The van der Waals surface area contributed by atoms with Gasteiger partial charge in [0.2, 0.25) is 0 Å². The molecule has 0 saturated heterocycles. The van der Waals surface area contributed by atoms with E-state index in [0.717, 1.165) is 7.05 Å². The van der Waals surface area contributed by atoms with Gasteiger partial charge in [0.25, 0.3) is 0 Å². The smallest absolute Gasteiger partial charge is 0.370 e. The van der Waals surface area contributed by atoms with Crippen molar-refractivity contribution in [3.8, 4) is 0 Å². The van der Waals surface area contributed by atoms with Crippen LogP contribution in [0.15, 0.2) is 0 Å². The third kappa shape index (κ3) is 5.79. The maximum absolute atomic E-state index is 11.8. The van der Waals surface area contributed by atoms with Crippen LogP contribution in [0.3, 0.4) is 0 Å². The molecular weight excluding hydrogens is 239 g/mol. The van der Waals surface area contributed by atoms with Gasteiger partial charge < -0.3 is 4.74 Å². The Hall–Kier alpha value is 0.190. The molecule has 0 amide bonds. The third-order valence-electron chi connectivity index (χ3n) is 1.29. The molecule has 0 N–H and O–H groups in total. The summed E-state index contributed by atoms with van der Waals surface area (Å²) >= 11 is 3.00. The summed E-state index contributed by atoms with van der Waals surface area (Å²) in [7, 11) is 1.02. The van der Waals surface area contributed by atoms with Crippen LogP contribution in [0.5, 0.6) is 0 Å². The minimum atomic E-state index is -4.23. The van der Waals surface area contributed by atoms with Crippen molar-refractivity contribution in [1.29, 1.82) is 0 Å². The van der Waals surface area contributed by atoms with Gasteiger partial charge in [-0.15, -0.1) is 0 Å². The van der Waals surface area contributed by atoms with Crippen LogP contribution in [0.4, 0.5) is 13.2 Å². The van der Waals surface area contributed by atoms with Crippen molar-refractivity contribution < 1.29 is 17.9 Å². The molecule has 0 aliphatic heterocycles. The Bertz CT molecular complexity index is 120. The highest BCUT2D eigenvalue weighted by molar-refractivity contribution is 9.09. The number of rotatable bonds is 5. The monoisotopic (exact) mass is 249 g/mol. The quantitative estimate of drug-likeness (QED) is 0.421. The molecule has 0 saturated carbocycles. The predicted molar refractivity (Wildman–Crippen MR) is 43.0 cm³/mol. The molecule has 12 heavy (non-hydrogen) atoms. The van der Waals surface area contributed by atoms with Crippen LogP contribution in [-0.4, -0.2) is 36.9 Å². The molecule has 0 aliphatic rings. The molecule has 0 fully saturated rings. The minimum Gasteiger partial charge on any atom is -0.370 e. The van der Waals surface area contributed by atoms with E-state index in [-0.39, 0.29) is 6.54 Å². The normalized spacial score (nSPS) is 12.5. The van der Waals surface area contributed by atoms with Crippen molar-refractivity contribution in [3.63, 3.8) is 0 Å². The van der Waals surface area contributed by atoms with Crippen molar-refractivity contribution >= 4 is 15.9 Å². The molecule has 0 aliphatic carbocycles. The Kier molecular flexibility index (Phi) is 5.86. The van der Waals surface area contributed by atoms with Crippen LogP contribution in [0.25, 0.3) is 0 Å². The van der Waals surface area contributed by atoms with Crippen LogP contribution in [0.1, 0.15) is 6.42 Å². The highest BCUT2D eigenvalue weighted by Crippen LogP contribution is 2.18. The molecule has 0 aromatic heterocycles. The van der Waals surface area contributed by atoms with E-state index in [1.807, 2.05) is 0 Å². The van der Waals surface area contributed by atoms with Gasteiger partial charge in [-0.05, 0) is 13.5 Å². The van der Waals surface area contributed by atoms with Crippen LogP contribution < -0.4 is 0 Å². The highest BCUT2D eigenvalue weighted by atomic mass is 79.9. The zero-order valence-corrected chi connectivity index (χ0v) is 8.28. The fourth-order valence-corrected chi connectivity index (χ4v) is 0.814. The molecule has 0 heterocycles. The fraction of sp³-hybridized carbons (Fsp3) is 1.00. The average molecular weight is 250 g/mol. The zero-order chi connectivity index (χ0) is 9.61. The second-order valence-electron chi connectivity index (χ2n) is 2.26. The molecule has 0 bridgehead atoms. The van der Waals surface area contributed by atoms with Crippen LogP contribution in [0.2, 0.25) is 0 Å². The summed E-state index contributed by atoms with van der Waals surface area (Å²) in [6, 6.07) is 0. The summed E-state index contributed by atoms with van der Waals surface area (Å²) in [4.78, 5) is 0.338. The summed E-state index contributed by atoms with van der Waals surface area (Å²) in [5.74, 6) is 0. The van der Waals surface area contributed by atoms with E-state index in [1.54, 1.807) is 0 Å². The standard InChI is InChI=1S/C6H11BrF3NO/c1-11(6(8,9)10)3-2-4-12-5-7/h2-5H2,1H3. The maximum Gasteiger partial charge on any atom is 0.459 e. The molecule has 0 rings (SSSR count). The van der Waals surface area contributed by atoms with Crippen molar-refractivity contribution in [2.45, 2.75) is 12.7 Å². The Morgan fingerprint density at radius 3 is 2.42 bits per heavy atom. The van der Waals surface area contributed by atoms with Crippen LogP contribution >= 0.6 is 15.9 Å². The van der Waals surface area contributed by atoms with Gasteiger partial charge in [-0.1, -0.05) is 15.9 Å². The molecule has 0 spiro atoms. The predicted octanol–water partition coefficient (Wildman–Crippen LogP) is 2.20. The summed E-state index contributed by atoms with van der Waals surface area (Å²) in [6.07, 6.45) is -3.85. The second kappa shape index (κ2) is 5.77. The lowest BCUT2D eigenvalue weighted by Gasteiger charge is -2.19. The van der Waals surface area contributed by atoms with Gasteiger partial charge in [0.1, 0.15) is 5.52 Å². The molecule has 0 unspecified atom stereocenters. The minimum absolute atomic E-state index is 0.0312. The maximum atomic E-state index is 11.8. The first-order chi connectivity index (χ1) is 5.48. The van der Waals surface area contributed by atoms with Gasteiger partial charge in [-0.25, -0.2) is 4.90 Å². The second-order valence-corrected chi connectivity index (χ2v) is 2.72. The third-order valence-corrected chi connectivity index (χ3v) is 1.62. The first kappa shape index (κ1) is 12.2. The van der Waals surface area contributed by atoms with Crippen molar-refractivity contribution in [3.05, 3.63) is 0 Å². The Morgan fingerprint density at radius 2 is 2.00 bits per heavy atom. The summed E-state index contributed by atoms with van der Waals surface area (Å²) in [5, 5.41) is 0. The number of hydrogen-bond acceptors (Lipinski definition) is 2. The van der Waals surface area contributed by atoms with E-state index in [1.165, 1.54) is 0 Å². The van der Waals surface area contributed by atoms with Crippen LogP contribution in [-0.2, 0) is 4.74 Å². The lowest BCUT2D eigenvalue weighted by atomic mass is 10.4. The molecule has 74 valence electrons. The van der Waals surface area contributed by atoms with Crippen molar-refractivity contribution in [2.24, 2.45) is 0 Å². The average Bonchev–Trinajstić information content (AvgIpc) is 1.96. The van der Waals surface area contributed by atoms with Gasteiger partial charge in [-0.3, -0.25) is 0 Å². The fourth-order valence-electron chi connectivity index (χ4n) is 0.585. The van der Waals surface area contributed by atoms with Gasteiger partial charge in [0.05, 0.1) is 0 Å². The molecule has 0 radical (unpaired) electrons. The number of hydrogen-bond donors (Lipinski definition) is 0. The van der Waals surface area contributed by atoms with E-state index in [2.05, 4.69) is 15.9 Å². The van der Waals surface area contributed by atoms with Crippen LogP contribution in [0, 0.1) is 0 Å². The molecule has 0 aromatic carbocycles. The molecule has 2 nitrogen and oxygen atoms in total. The highest BCUT2D eigenvalue weighted by Gasteiger charge is 2.32. The molecule has 0 atom stereocenters. The van der Waals surface area contributed by atoms with E-state index in [4.69, 9.17) is 4.74 Å². The summed E-state index contributed by atoms with van der Waals surface area (Å²) < 4.78 is 40.3. The van der Waals surface area contributed by atoms with Gasteiger partial charge in [-0.2, -0.15) is 13.2 Å². The number of halogens is 4. The van der Waals surface area contributed by atoms with Gasteiger partial charge in [0, 0.05) is 13.2 Å².